The van der Waals surface area contributed by atoms with E-state index < -0.39 is 5.97 Å². The molecule has 1 atom stereocenters. The summed E-state index contributed by atoms with van der Waals surface area (Å²) in [4.78, 5) is 25.1. The fraction of sp³-hybridized carbons (Fsp3) is 0.176. The fourth-order valence-electron chi connectivity index (χ4n) is 2.68. The molecule has 5 nitrogen and oxygen atoms in total. The quantitative estimate of drug-likeness (QED) is 0.913. The summed E-state index contributed by atoms with van der Waals surface area (Å²) >= 11 is 0. The second-order valence-electron chi connectivity index (χ2n) is 5.28. The number of rotatable bonds is 3. The average molecular weight is 296 g/mol. The van der Waals surface area contributed by atoms with E-state index in [9.17, 15) is 9.59 Å². The van der Waals surface area contributed by atoms with Gasteiger partial charge in [-0.05, 0) is 36.8 Å². The molecule has 0 bridgehead atoms. The van der Waals surface area contributed by atoms with Crippen molar-refractivity contribution in [1.29, 1.82) is 0 Å². The molecule has 5 heteroatoms. The summed E-state index contributed by atoms with van der Waals surface area (Å²) in [6, 6.07) is 14.4. The van der Waals surface area contributed by atoms with Crippen LogP contribution in [0.4, 0.5) is 11.4 Å². The molecule has 1 heterocycles. The van der Waals surface area contributed by atoms with E-state index in [1.807, 2.05) is 25.1 Å². The van der Waals surface area contributed by atoms with Gasteiger partial charge in [-0.2, -0.15) is 0 Å². The van der Waals surface area contributed by atoms with Gasteiger partial charge in [0.15, 0.2) is 0 Å². The highest BCUT2D eigenvalue weighted by atomic mass is 16.4. The molecule has 0 spiro atoms. The van der Waals surface area contributed by atoms with Crippen LogP contribution in [0.2, 0.25) is 0 Å². The highest BCUT2D eigenvalue weighted by Crippen LogP contribution is 2.29. The van der Waals surface area contributed by atoms with Gasteiger partial charge < -0.3 is 10.4 Å². The number of para-hydroxylation sites is 1. The maximum absolute atomic E-state index is 12.7. The van der Waals surface area contributed by atoms with Crippen LogP contribution in [0, 0.1) is 0 Å². The van der Waals surface area contributed by atoms with E-state index in [2.05, 4.69) is 5.32 Å². The minimum Gasteiger partial charge on any atom is -0.481 e. The summed E-state index contributed by atoms with van der Waals surface area (Å²) in [5.74, 6) is -0.932. The van der Waals surface area contributed by atoms with Gasteiger partial charge in [-0.15, -0.1) is 0 Å². The number of carboxylic acid groups (broad SMARTS) is 1. The van der Waals surface area contributed by atoms with Crippen molar-refractivity contribution in [2.45, 2.75) is 19.5 Å². The maximum atomic E-state index is 12.7. The molecule has 0 aliphatic carbocycles. The maximum Gasteiger partial charge on any atom is 0.307 e. The second-order valence-corrected chi connectivity index (χ2v) is 5.28. The Hall–Kier alpha value is -2.82. The highest BCUT2D eigenvalue weighted by molar-refractivity contribution is 6.11. The molecule has 112 valence electrons. The van der Waals surface area contributed by atoms with Gasteiger partial charge in [0.05, 0.1) is 12.0 Å². The predicted octanol–water partition coefficient (Wildman–Crippen LogP) is 2.73. The fourth-order valence-corrected chi connectivity index (χ4v) is 2.68. The van der Waals surface area contributed by atoms with Crippen LogP contribution in [0.5, 0.6) is 0 Å². The average Bonchev–Trinajstić information content (AvgIpc) is 2.48. The number of benzene rings is 2. The molecule has 1 unspecified atom stereocenters. The lowest BCUT2D eigenvalue weighted by Crippen LogP contribution is -2.47. The topological polar surface area (TPSA) is 69.6 Å². The van der Waals surface area contributed by atoms with Gasteiger partial charge in [-0.3, -0.25) is 14.5 Å². The minimum atomic E-state index is -0.870. The molecule has 0 saturated carbocycles. The monoisotopic (exact) mass is 296 g/mol. The SMILES string of the molecule is CC1Nc2ccccc2C(=O)N1c1ccc(CC(=O)O)cc1. The second kappa shape index (κ2) is 5.52. The number of fused-ring (bicyclic) bond motifs is 1. The van der Waals surface area contributed by atoms with Gasteiger partial charge in [0.1, 0.15) is 6.17 Å². The van der Waals surface area contributed by atoms with Crippen molar-refractivity contribution in [3.8, 4) is 0 Å². The van der Waals surface area contributed by atoms with E-state index >= 15 is 0 Å². The summed E-state index contributed by atoms with van der Waals surface area (Å²) in [6.07, 6.45) is -0.196. The highest BCUT2D eigenvalue weighted by Gasteiger charge is 2.30. The molecule has 0 fully saturated rings. The van der Waals surface area contributed by atoms with Crippen LogP contribution < -0.4 is 10.2 Å². The van der Waals surface area contributed by atoms with Crippen molar-refractivity contribution >= 4 is 23.3 Å². The van der Waals surface area contributed by atoms with E-state index in [0.717, 1.165) is 11.4 Å². The van der Waals surface area contributed by atoms with Crippen molar-refractivity contribution < 1.29 is 14.7 Å². The molecule has 0 radical (unpaired) electrons. The number of carboxylic acids is 1. The normalized spacial score (nSPS) is 16.9. The summed E-state index contributed by atoms with van der Waals surface area (Å²) in [6.45, 7) is 1.92. The van der Waals surface area contributed by atoms with Gasteiger partial charge in [-0.25, -0.2) is 0 Å². The van der Waals surface area contributed by atoms with Crippen molar-refractivity contribution in [1.82, 2.24) is 0 Å². The van der Waals surface area contributed by atoms with Gasteiger partial charge >= 0.3 is 5.97 Å². The van der Waals surface area contributed by atoms with Crippen LogP contribution in [0.3, 0.4) is 0 Å². The summed E-state index contributed by atoms with van der Waals surface area (Å²) in [7, 11) is 0. The number of hydrogen-bond donors (Lipinski definition) is 2. The number of amides is 1. The molecule has 1 amide bonds. The largest absolute Gasteiger partial charge is 0.481 e. The van der Waals surface area contributed by atoms with Crippen molar-refractivity contribution in [3.63, 3.8) is 0 Å². The standard InChI is InChI=1S/C17H16N2O3/c1-11-18-15-5-3-2-4-14(15)17(22)19(11)13-8-6-12(7-9-13)10-16(20)21/h2-9,11,18H,10H2,1H3,(H,20,21). The molecule has 1 aliphatic rings. The first-order valence-electron chi connectivity index (χ1n) is 7.06. The van der Waals surface area contributed by atoms with E-state index in [-0.39, 0.29) is 18.5 Å². The van der Waals surface area contributed by atoms with Gasteiger partial charge in [0.25, 0.3) is 5.91 Å². The number of carbonyl (C=O) groups is 2. The Morgan fingerprint density at radius 1 is 1.18 bits per heavy atom. The Morgan fingerprint density at radius 2 is 1.86 bits per heavy atom. The zero-order valence-electron chi connectivity index (χ0n) is 12.1. The molecule has 2 aromatic rings. The number of carbonyl (C=O) groups excluding carboxylic acids is 1. The Balaban J connectivity index is 1.91. The third kappa shape index (κ3) is 2.53. The summed E-state index contributed by atoms with van der Waals surface area (Å²) < 4.78 is 0. The predicted molar refractivity (Wildman–Crippen MR) is 84.1 cm³/mol. The van der Waals surface area contributed by atoms with Crippen molar-refractivity contribution in [3.05, 3.63) is 59.7 Å². The Kier molecular flexibility index (Phi) is 3.55. The van der Waals surface area contributed by atoms with Gasteiger partial charge in [0, 0.05) is 11.4 Å². The smallest absolute Gasteiger partial charge is 0.307 e. The molecular formula is C17H16N2O3. The first-order chi connectivity index (χ1) is 10.6. The van der Waals surface area contributed by atoms with E-state index in [1.165, 1.54) is 0 Å². The summed E-state index contributed by atoms with van der Waals surface area (Å²) in [5, 5.41) is 12.1. The molecule has 22 heavy (non-hydrogen) atoms. The zero-order chi connectivity index (χ0) is 15.7. The molecule has 0 aromatic heterocycles. The van der Waals surface area contributed by atoms with Crippen molar-refractivity contribution in [2.24, 2.45) is 0 Å². The number of nitrogens with zero attached hydrogens (tertiary/aromatic N) is 1. The lowest BCUT2D eigenvalue weighted by Gasteiger charge is -2.35. The van der Waals surface area contributed by atoms with Gasteiger partial charge in [-0.1, -0.05) is 24.3 Å². The van der Waals surface area contributed by atoms with Crippen LogP contribution in [0.25, 0.3) is 0 Å². The Labute approximate surface area is 128 Å². The van der Waals surface area contributed by atoms with E-state index in [4.69, 9.17) is 5.11 Å². The zero-order valence-corrected chi connectivity index (χ0v) is 12.1. The number of nitrogens with one attached hydrogen (secondary N) is 1. The minimum absolute atomic E-state index is 0.0230. The molecule has 1 aliphatic heterocycles. The first kappa shape index (κ1) is 14.1. The lowest BCUT2D eigenvalue weighted by atomic mass is 10.1. The van der Waals surface area contributed by atoms with E-state index in [0.29, 0.717) is 11.1 Å². The molecule has 2 N–H and O–H groups in total. The van der Waals surface area contributed by atoms with Crippen LogP contribution in [0.1, 0.15) is 22.8 Å². The van der Waals surface area contributed by atoms with Crippen LogP contribution in [-0.2, 0) is 11.2 Å². The van der Waals surface area contributed by atoms with Crippen LogP contribution in [0.15, 0.2) is 48.5 Å². The third-order valence-electron chi connectivity index (χ3n) is 3.70. The lowest BCUT2D eigenvalue weighted by molar-refractivity contribution is -0.136. The Morgan fingerprint density at radius 3 is 2.55 bits per heavy atom. The molecule has 2 aromatic carbocycles. The number of hydrogen-bond acceptors (Lipinski definition) is 3. The van der Waals surface area contributed by atoms with Crippen LogP contribution in [-0.4, -0.2) is 23.1 Å². The molecular weight excluding hydrogens is 280 g/mol. The summed E-state index contributed by atoms with van der Waals surface area (Å²) in [5.41, 5.74) is 2.92. The number of aliphatic carboxylic acids is 1. The third-order valence-corrected chi connectivity index (χ3v) is 3.70. The van der Waals surface area contributed by atoms with E-state index in [1.54, 1.807) is 35.2 Å². The molecule has 0 saturated heterocycles. The van der Waals surface area contributed by atoms with Crippen LogP contribution >= 0.6 is 0 Å². The Bertz CT molecular complexity index is 725. The first-order valence-corrected chi connectivity index (χ1v) is 7.06. The van der Waals surface area contributed by atoms with Crippen molar-refractivity contribution in [2.75, 3.05) is 10.2 Å². The molecule has 3 rings (SSSR count). The number of anilines is 2. The van der Waals surface area contributed by atoms with Gasteiger partial charge in [0.2, 0.25) is 0 Å².